The monoisotopic (exact) mass is 1390 g/mol. The molecule has 4 aliphatic rings. The molecule has 90 heavy (non-hydrogen) atoms. The van der Waals surface area contributed by atoms with E-state index in [1.165, 1.54) is 4.90 Å². The molecule has 9 N–H and O–H groups in total. The zero-order valence-electron chi connectivity index (χ0n) is 50.6. The number of fused-ring (bicyclic) bond motifs is 5. The van der Waals surface area contributed by atoms with Gasteiger partial charge in [0.1, 0.15) is 36.4 Å². The predicted molar refractivity (Wildman–Crippen MR) is 340 cm³/mol. The zero-order chi connectivity index (χ0) is 65.9. The minimum atomic E-state index is -5.86. The van der Waals surface area contributed by atoms with Gasteiger partial charge in [-0.3, -0.25) is 33.0 Å². The van der Waals surface area contributed by atoms with Crippen LogP contribution in [-0.2, 0) is 40.9 Å². The van der Waals surface area contributed by atoms with Gasteiger partial charge in [-0.25, -0.2) is 23.3 Å². The average Bonchev–Trinajstić information content (AvgIpc) is 0.881. The number of hydrogen-bond donors (Lipinski definition) is 8. The molecular formula is C57H71Cl4N9O17P3+. The van der Waals surface area contributed by atoms with Gasteiger partial charge in [-0.05, 0) is 90.2 Å². The first kappa shape index (κ1) is 69.3. The number of carbonyl (C=O) groups excluding carboxylic acids is 2. The molecule has 7 atom stereocenters. The Kier molecular flexibility index (Phi) is 20.6. The van der Waals surface area contributed by atoms with Gasteiger partial charge in [-0.15, -0.1) is 0 Å². The van der Waals surface area contributed by atoms with Gasteiger partial charge >= 0.3 is 23.5 Å². The SMILES string of the molecule is CCN1c2cc3c(cc2C(C)=CC1(C)C)C(c1c(Cl)c(Cl)c(Cl)c(Cl)c1C(=O)N(C)CCCC(=O)NCCCCCCOP(=O)(O)OP(=O)(O)OP(=O)(O)OC[C@H]1O[C@@H](n2cnc4c(=O)[nH]c(N)nc42)[C@H](O)[C@@H]1O)=c1cc2c(cc1O3)=[N+](CC)C(C)(C)C=C2C. The minimum Gasteiger partial charge on any atom is -0.456 e. The second-order valence-electron chi connectivity index (χ2n) is 23.3. The number of phosphoric ester groups is 2. The van der Waals surface area contributed by atoms with Gasteiger partial charge in [0, 0.05) is 91.7 Å². The van der Waals surface area contributed by atoms with Gasteiger partial charge in [0.2, 0.25) is 17.2 Å². The number of rotatable bonds is 24. The molecule has 0 radical (unpaired) electrons. The molecule has 0 bridgehead atoms. The number of hydrogen-bond acceptors (Lipinski definition) is 18. The van der Waals surface area contributed by atoms with Crippen LogP contribution in [-0.4, -0.2) is 137 Å². The van der Waals surface area contributed by atoms with Gasteiger partial charge in [0.05, 0.1) is 56.8 Å². The number of nitrogens with one attached hydrogen (secondary N) is 2. The van der Waals surface area contributed by atoms with E-state index in [9.17, 15) is 48.2 Å². The normalized spacial score (nSPS) is 21.0. The molecule has 0 aliphatic carbocycles. The number of aliphatic hydroxyl groups is 2. The highest BCUT2D eigenvalue weighted by Crippen LogP contribution is 2.68. The van der Waals surface area contributed by atoms with E-state index in [0.717, 1.165) is 57.3 Å². The van der Waals surface area contributed by atoms with Gasteiger partial charge in [0.25, 0.3) is 11.5 Å². The van der Waals surface area contributed by atoms with Crippen molar-refractivity contribution in [2.24, 2.45) is 0 Å². The fourth-order valence-corrected chi connectivity index (χ4v) is 16.7. The third-order valence-corrected chi connectivity index (χ3v) is 22.1. The molecule has 3 aromatic carbocycles. The number of ether oxygens (including phenoxy) is 2. The molecular weight excluding hydrogens is 1320 g/mol. The largest absolute Gasteiger partial charge is 0.490 e. The van der Waals surface area contributed by atoms with Crippen LogP contribution in [0.3, 0.4) is 0 Å². The number of anilines is 2. The summed E-state index contributed by atoms with van der Waals surface area (Å²) >= 11 is 28.3. The van der Waals surface area contributed by atoms with Crippen LogP contribution >= 0.6 is 69.9 Å². The van der Waals surface area contributed by atoms with Crippen LogP contribution in [0.4, 0.5) is 11.6 Å². The quantitative estimate of drug-likeness (QED) is 0.00923. The Hall–Kier alpha value is -5.05. The number of halogens is 4. The van der Waals surface area contributed by atoms with Crippen molar-refractivity contribution < 1.29 is 75.3 Å². The van der Waals surface area contributed by atoms with Crippen LogP contribution in [0, 0.1) is 0 Å². The number of allylic oxidation sites excluding steroid dienone is 2. The maximum Gasteiger partial charge on any atom is 0.490 e. The van der Waals surface area contributed by atoms with Crippen molar-refractivity contribution in [3.05, 3.63) is 112 Å². The summed E-state index contributed by atoms with van der Waals surface area (Å²) in [4.78, 5) is 84.4. The Bertz CT molecular complexity index is 4140. The molecule has 3 unspecified atom stereocenters. The van der Waals surface area contributed by atoms with Crippen molar-refractivity contribution in [3.63, 3.8) is 0 Å². The number of aliphatic hydroxyl groups excluding tert-OH is 2. The number of nitrogens with two attached hydrogens (primary N) is 1. The molecule has 4 aliphatic heterocycles. The number of aromatic nitrogens is 4. The Morgan fingerprint density at radius 2 is 1.51 bits per heavy atom. The van der Waals surface area contributed by atoms with Gasteiger partial charge in [-0.2, -0.15) is 13.6 Å². The molecule has 26 nitrogen and oxygen atoms in total. The number of nitrogens with zero attached hydrogens (tertiary/aromatic N) is 6. The highest BCUT2D eigenvalue weighted by Gasteiger charge is 2.48. The number of likely N-dealkylation sites (N-methyl/N-ethyl adjacent to an activating group) is 2. The molecule has 1 saturated heterocycles. The molecule has 0 spiro atoms. The third kappa shape index (κ3) is 14.2. The highest BCUT2D eigenvalue weighted by atomic mass is 35.5. The second kappa shape index (κ2) is 26.7. The van der Waals surface area contributed by atoms with Crippen LogP contribution < -0.4 is 41.4 Å². The number of phosphoric acid groups is 3. The number of benzene rings is 3. The Morgan fingerprint density at radius 3 is 2.20 bits per heavy atom. The van der Waals surface area contributed by atoms with Crippen molar-refractivity contribution in [2.45, 2.75) is 130 Å². The van der Waals surface area contributed by atoms with E-state index in [4.69, 9.17) is 66.1 Å². The summed E-state index contributed by atoms with van der Waals surface area (Å²) in [5, 5.41) is 25.4. The van der Waals surface area contributed by atoms with Crippen molar-refractivity contribution in [1.82, 2.24) is 34.3 Å². The van der Waals surface area contributed by atoms with Gasteiger partial charge in [-0.1, -0.05) is 65.3 Å². The summed E-state index contributed by atoms with van der Waals surface area (Å²) in [7, 11) is -15.3. The second-order valence-corrected chi connectivity index (χ2v) is 29.4. The minimum absolute atomic E-state index is 0.0158. The number of H-pyrrole nitrogens is 1. The number of unbranched alkanes of at least 4 members (excludes halogenated alkanes) is 3. The molecule has 5 aromatic rings. The molecule has 6 heterocycles. The molecule has 33 heteroatoms. The van der Waals surface area contributed by atoms with Crippen molar-refractivity contribution in [3.8, 4) is 11.5 Å². The first-order valence-electron chi connectivity index (χ1n) is 28.8. The van der Waals surface area contributed by atoms with E-state index in [-0.39, 0.29) is 97.7 Å². The first-order valence-corrected chi connectivity index (χ1v) is 34.8. The number of aromatic amines is 1. The van der Waals surface area contributed by atoms with E-state index in [1.54, 1.807) is 7.05 Å². The Morgan fingerprint density at radius 1 is 0.844 bits per heavy atom. The maximum atomic E-state index is 15.0. The molecule has 1 fully saturated rings. The molecule has 9 rings (SSSR count). The maximum absolute atomic E-state index is 15.0. The fraction of sp³-hybridized carbons (Fsp3) is 0.474. The van der Waals surface area contributed by atoms with Crippen LogP contribution in [0.1, 0.15) is 133 Å². The van der Waals surface area contributed by atoms with Crippen molar-refractivity contribution in [2.75, 3.05) is 57.1 Å². The third-order valence-electron chi connectivity index (χ3n) is 16.0. The molecule has 2 amide bonds. The topological polar surface area (TPSA) is 353 Å². The lowest BCUT2D eigenvalue weighted by atomic mass is 9.83. The summed E-state index contributed by atoms with van der Waals surface area (Å²) in [6, 6.07) is 8.23. The number of carbonyl (C=O) groups is 2. The first-order chi connectivity index (χ1) is 42.1. The number of imidazole rings is 1. The summed E-state index contributed by atoms with van der Waals surface area (Å²) in [5.74, 6) is -0.0226. The molecule has 488 valence electrons. The summed E-state index contributed by atoms with van der Waals surface area (Å²) in [6.07, 6.45) is 0.751. The van der Waals surface area contributed by atoms with Gasteiger partial charge < -0.3 is 55.2 Å². The number of nitrogen functional groups attached to an aromatic ring is 1. The van der Waals surface area contributed by atoms with E-state index in [2.05, 4.69) is 123 Å². The van der Waals surface area contributed by atoms with Crippen LogP contribution in [0.5, 0.6) is 11.5 Å². The molecule has 0 saturated carbocycles. The van der Waals surface area contributed by atoms with Crippen LogP contribution in [0.15, 0.2) is 47.5 Å². The molecule has 2 aromatic heterocycles. The summed E-state index contributed by atoms with van der Waals surface area (Å²) < 4.78 is 71.3. The number of amides is 2. The van der Waals surface area contributed by atoms with Crippen LogP contribution in [0.25, 0.3) is 27.9 Å². The smallest absolute Gasteiger partial charge is 0.456 e. The summed E-state index contributed by atoms with van der Waals surface area (Å²) in [6.45, 7) is 17.3. The van der Waals surface area contributed by atoms with E-state index < -0.39 is 72.7 Å². The Balaban J connectivity index is 0.784. The van der Waals surface area contributed by atoms with Crippen molar-refractivity contribution >= 4 is 121 Å². The van der Waals surface area contributed by atoms with Gasteiger partial charge in [0.15, 0.2) is 22.9 Å². The zero-order valence-corrected chi connectivity index (χ0v) is 56.3. The lowest BCUT2D eigenvalue weighted by Crippen LogP contribution is -2.49. The predicted octanol–water partition coefficient (Wildman–Crippen LogP) is 8.61. The van der Waals surface area contributed by atoms with E-state index >= 15 is 4.79 Å². The average molecular weight is 1390 g/mol. The van der Waals surface area contributed by atoms with Crippen LogP contribution in [0.2, 0.25) is 20.1 Å². The van der Waals surface area contributed by atoms with Crippen molar-refractivity contribution in [1.29, 1.82) is 0 Å². The summed E-state index contributed by atoms with van der Waals surface area (Å²) in [5.41, 5.74) is 10.5. The highest BCUT2D eigenvalue weighted by molar-refractivity contribution is 7.66. The standard InChI is InChI=1S/C57H70Cl4N9O17P3/c1-10-69-35-23-37-33(21-31(35)29(3)25-56(69,5)6)41(34-22-32-30(4)26-57(7,8)70(11-2)36(32)24-38(34)84-37)42-43(45(59)47(61)46(60)44(42)58)53(75)67(9)19-16-17-40(71)63-18-14-12-13-15-20-82-88(76,77)86-90(80,81)87-89(78,79)83-27-39-49(72)50(73)54(85-39)68-28-64-48-51(68)65-55(62)66-52(48)74/h21-26,28,39,49-50,54,72-73H,10-20,27H2,1-9H3,(H6-,62,63,65,66,71,74,76,77,78,79,80,81)/p+1/t39-,49-,50-,54-/m1/s1. The fourth-order valence-electron chi connectivity index (χ4n) is 12.1. The van der Waals surface area contributed by atoms with E-state index in [0.29, 0.717) is 47.1 Å². The van der Waals surface area contributed by atoms with E-state index in [1.807, 2.05) is 12.1 Å². The Labute approximate surface area is 537 Å². The lowest BCUT2D eigenvalue weighted by Gasteiger charge is -2.43. The lowest BCUT2D eigenvalue weighted by molar-refractivity contribution is -0.121.